The quantitative estimate of drug-likeness (QED) is 0.648. The van der Waals surface area contributed by atoms with Crippen LogP contribution in [-0.4, -0.2) is 47.8 Å². The molecule has 0 radical (unpaired) electrons. The summed E-state index contributed by atoms with van der Waals surface area (Å²) in [5.74, 6) is -0.325. The van der Waals surface area contributed by atoms with E-state index in [0.29, 0.717) is 37.9 Å². The number of nitrogens with zero attached hydrogens (tertiary/aromatic N) is 1. The Kier molecular flexibility index (Phi) is 8.64. The molecule has 2 N–H and O–H groups in total. The molecule has 2 aromatic carbocycles. The molecule has 2 unspecified atom stereocenters. The first-order valence-corrected chi connectivity index (χ1v) is 11.9. The van der Waals surface area contributed by atoms with E-state index < -0.39 is 6.04 Å². The Morgan fingerprint density at radius 3 is 2.21 bits per heavy atom. The van der Waals surface area contributed by atoms with Gasteiger partial charge in [0.25, 0.3) is 5.91 Å². The average Bonchev–Trinajstić information content (AvgIpc) is 2.83. The monoisotopic (exact) mass is 449 g/mol. The molecule has 0 spiro atoms. The molecule has 176 valence electrons. The number of likely N-dealkylation sites (tertiary alicyclic amines) is 1. The lowest BCUT2D eigenvalue weighted by Gasteiger charge is -2.36. The second kappa shape index (κ2) is 11.6. The predicted molar refractivity (Wildman–Crippen MR) is 130 cm³/mol. The van der Waals surface area contributed by atoms with E-state index in [1.807, 2.05) is 68.1 Å². The molecule has 1 fully saturated rings. The summed E-state index contributed by atoms with van der Waals surface area (Å²) in [5, 5.41) is 6.01. The maximum absolute atomic E-state index is 13.1. The highest BCUT2D eigenvalue weighted by Gasteiger charge is 2.34. The number of piperidine rings is 1. The van der Waals surface area contributed by atoms with Crippen molar-refractivity contribution >= 4 is 17.7 Å². The highest BCUT2D eigenvalue weighted by atomic mass is 16.2. The van der Waals surface area contributed by atoms with Crippen LogP contribution < -0.4 is 10.6 Å². The van der Waals surface area contributed by atoms with Crippen LogP contribution in [0, 0.1) is 12.8 Å². The van der Waals surface area contributed by atoms with Gasteiger partial charge in [-0.1, -0.05) is 55.0 Å². The molecule has 1 saturated heterocycles. The van der Waals surface area contributed by atoms with Crippen LogP contribution in [0.3, 0.4) is 0 Å². The van der Waals surface area contributed by atoms with Crippen molar-refractivity contribution in [2.75, 3.05) is 13.1 Å². The maximum Gasteiger partial charge on any atom is 0.251 e. The molecule has 6 nitrogen and oxygen atoms in total. The number of carbonyl (C=O) groups excluding carboxylic acids is 3. The number of rotatable bonds is 8. The smallest absolute Gasteiger partial charge is 0.251 e. The van der Waals surface area contributed by atoms with Crippen LogP contribution in [0.25, 0.3) is 0 Å². The van der Waals surface area contributed by atoms with Gasteiger partial charge in [-0.3, -0.25) is 14.4 Å². The van der Waals surface area contributed by atoms with Gasteiger partial charge in [0, 0.05) is 24.7 Å². The Morgan fingerprint density at radius 1 is 0.970 bits per heavy atom. The molecule has 1 heterocycles. The fourth-order valence-electron chi connectivity index (χ4n) is 4.13. The Balaban J connectivity index is 1.65. The standard InChI is InChI=1S/C27H35N3O3/c1-4-20(3)28-27(33)25(29-26(32)23-12-10-19(2)11-13-23)22-14-16-30(17-15-22)24(31)18-21-8-6-5-7-9-21/h5-13,20,22,25H,4,14-18H2,1-3H3,(H,28,33)(H,29,32). The van der Waals surface area contributed by atoms with Crippen LogP contribution in [0.15, 0.2) is 54.6 Å². The van der Waals surface area contributed by atoms with Gasteiger partial charge in [0.2, 0.25) is 11.8 Å². The number of amides is 3. The lowest BCUT2D eigenvalue weighted by atomic mass is 9.88. The summed E-state index contributed by atoms with van der Waals surface area (Å²) in [5.41, 5.74) is 2.61. The first kappa shape index (κ1) is 24.5. The second-order valence-electron chi connectivity index (χ2n) is 9.02. The predicted octanol–water partition coefficient (Wildman–Crippen LogP) is 3.49. The maximum atomic E-state index is 13.1. The third-order valence-electron chi connectivity index (χ3n) is 6.45. The van der Waals surface area contributed by atoms with E-state index in [1.54, 1.807) is 12.1 Å². The Hall–Kier alpha value is -3.15. The SMILES string of the molecule is CCC(C)NC(=O)C(NC(=O)c1ccc(C)cc1)C1CCN(C(=O)Cc2ccccc2)CC1. The normalized spacial score (nSPS) is 16.0. The molecule has 3 rings (SSSR count). The lowest BCUT2D eigenvalue weighted by molar-refractivity contribution is -0.132. The second-order valence-corrected chi connectivity index (χ2v) is 9.02. The van der Waals surface area contributed by atoms with Crippen molar-refractivity contribution in [3.63, 3.8) is 0 Å². The largest absolute Gasteiger partial charge is 0.352 e. The molecule has 33 heavy (non-hydrogen) atoms. The van der Waals surface area contributed by atoms with Gasteiger partial charge in [-0.25, -0.2) is 0 Å². The van der Waals surface area contributed by atoms with Gasteiger partial charge >= 0.3 is 0 Å². The van der Waals surface area contributed by atoms with E-state index in [0.717, 1.165) is 17.5 Å². The number of nitrogens with one attached hydrogen (secondary N) is 2. The molecule has 0 saturated carbocycles. The van der Waals surface area contributed by atoms with E-state index in [-0.39, 0.29) is 29.7 Å². The zero-order chi connectivity index (χ0) is 23.8. The van der Waals surface area contributed by atoms with Gasteiger partial charge in [0.1, 0.15) is 6.04 Å². The van der Waals surface area contributed by atoms with E-state index in [9.17, 15) is 14.4 Å². The molecule has 3 amide bonds. The van der Waals surface area contributed by atoms with Gasteiger partial charge in [-0.2, -0.15) is 0 Å². The van der Waals surface area contributed by atoms with E-state index in [4.69, 9.17) is 0 Å². The number of hydrogen-bond donors (Lipinski definition) is 2. The molecule has 0 aromatic heterocycles. The van der Waals surface area contributed by atoms with Gasteiger partial charge in [-0.05, 0) is 56.7 Å². The minimum atomic E-state index is -0.626. The molecule has 2 atom stereocenters. The van der Waals surface area contributed by atoms with Crippen LogP contribution >= 0.6 is 0 Å². The van der Waals surface area contributed by atoms with Crippen molar-refractivity contribution in [2.45, 2.75) is 58.5 Å². The van der Waals surface area contributed by atoms with E-state index in [1.165, 1.54) is 0 Å². The van der Waals surface area contributed by atoms with Crippen molar-refractivity contribution in [1.82, 2.24) is 15.5 Å². The fourth-order valence-corrected chi connectivity index (χ4v) is 4.13. The van der Waals surface area contributed by atoms with Gasteiger partial charge in [0.15, 0.2) is 0 Å². The highest BCUT2D eigenvalue weighted by molar-refractivity contribution is 5.97. The molecular formula is C27H35N3O3. The van der Waals surface area contributed by atoms with Gasteiger partial charge < -0.3 is 15.5 Å². The summed E-state index contributed by atoms with van der Waals surface area (Å²) in [6.07, 6.45) is 2.55. The van der Waals surface area contributed by atoms with Crippen LogP contribution in [0.1, 0.15) is 54.6 Å². The van der Waals surface area contributed by atoms with Crippen LogP contribution in [-0.2, 0) is 16.0 Å². The molecular weight excluding hydrogens is 414 g/mol. The highest BCUT2D eigenvalue weighted by Crippen LogP contribution is 2.22. The average molecular weight is 450 g/mol. The molecule has 0 aliphatic carbocycles. The van der Waals surface area contributed by atoms with Crippen molar-refractivity contribution in [2.24, 2.45) is 5.92 Å². The zero-order valence-electron chi connectivity index (χ0n) is 19.8. The molecule has 2 aromatic rings. The number of benzene rings is 2. The summed E-state index contributed by atoms with van der Waals surface area (Å²) in [7, 11) is 0. The third kappa shape index (κ3) is 6.91. The molecule has 6 heteroatoms. The zero-order valence-corrected chi connectivity index (χ0v) is 19.8. The van der Waals surface area contributed by atoms with Crippen molar-refractivity contribution in [3.8, 4) is 0 Å². The number of carbonyl (C=O) groups is 3. The Labute approximate surface area is 196 Å². The first-order valence-electron chi connectivity index (χ1n) is 11.9. The summed E-state index contributed by atoms with van der Waals surface area (Å²) < 4.78 is 0. The third-order valence-corrected chi connectivity index (χ3v) is 6.45. The first-order chi connectivity index (χ1) is 15.9. The summed E-state index contributed by atoms with van der Waals surface area (Å²) >= 11 is 0. The van der Waals surface area contributed by atoms with Crippen LogP contribution in [0.4, 0.5) is 0 Å². The van der Waals surface area contributed by atoms with Crippen LogP contribution in [0.2, 0.25) is 0 Å². The fraction of sp³-hybridized carbons (Fsp3) is 0.444. The van der Waals surface area contributed by atoms with Crippen LogP contribution in [0.5, 0.6) is 0 Å². The minimum absolute atomic E-state index is 0.0239. The summed E-state index contributed by atoms with van der Waals surface area (Å²) in [4.78, 5) is 40.6. The molecule has 0 bridgehead atoms. The molecule has 1 aliphatic heterocycles. The lowest BCUT2D eigenvalue weighted by Crippen LogP contribution is -2.55. The minimum Gasteiger partial charge on any atom is -0.352 e. The topological polar surface area (TPSA) is 78.5 Å². The Bertz CT molecular complexity index is 935. The van der Waals surface area contributed by atoms with Crippen molar-refractivity contribution < 1.29 is 14.4 Å². The van der Waals surface area contributed by atoms with Crippen molar-refractivity contribution in [1.29, 1.82) is 0 Å². The Morgan fingerprint density at radius 2 is 1.61 bits per heavy atom. The summed E-state index contributed by atoms with van der Waals surface area (Å²) in [6.45, 7) is 7.12. The van der Waals surface area contributed by atoms with Crippen molar-refractivity contribution in [3.05, 3.63) is 71.3 Å². The summed E-state index contributed by atoms with van der Waals surface area (Å²) in [6, 6.07) is 16.5. The van der Waals surface area contributed by atoms with E-state index in [2.05, 4.69) is 10.6 Å². The number of hydrogen-bond acceptors (Lipinski definition) is 3. The number of aryl methyl sites for hydroxylation is 1. The van der Waals surface area contributed by atoms with E-state index >= 15 is 0 Å². The molecule has 1 aliphatic rings. The van der Waals surface area contributed by atoms with Gasteiger partial charge in [0.05, 0.1) is 6.42 Å². The van der Waals surface area contributed by atoms with Gasteiger partial charge in [-0.15, -0.1) is 0 Å².